The highest BCUT2D eigenvalue weighted by molar-refractivity contribution is 7.92. The molecule has 52 heavy (non-hydrogen) atoms. The molecule has 1 saturated carbocycles. The third kappa shape index (κ3) is 9.64. The number of rotatable bonds is 16. The highest BCUT2D eigenvalue weighted by Crippen LogP contribution is 2.33. The lowest BCUT2D eigenvalue weighted by Crippen LogP contribution is -2.55. The molecule has 1 N–H and O–H groups in total. The molecule has 276 valence electrons. The van der Waals surface area contributed by atoms with Gasteiger partial charge in [0.25, 0.3) is 10.0 Å². The van der Waals surface area contributed by atoms with E-state index in [1.54, 1.807) is 24.3 Å². The monoisotopic (exact) mass is 727 g/mol. The van der Waals surface area contributed by atoms with Crippen molar-refractivity contribution < 1.29 is 32.2 Å². The smallest absolute Gasteiger partial charge is 0.264 e. The standard InChI is InChI=1S/C41H49N3O7S/c1-5-51-35-21-19-34(20-22-35)44(52(47,48)36-23-24-38(49-3)39(27-36)50-4)29-40(45)43(28-32-16-12-13-30(2)25-32)37(26-31-14-8-6-9-15-31)41(46)42-33-17-10-7-11-18-33/h6,8-9,12-16,19-25,27,33,37H,5,7,10-11,17-18,26,28-29H2,1-4H3,(H,42,46)/t37-/m1/s1. The van der Waals surface area contributed by atoms with Gasteiger partial charge in [0.15, 0.2) is 11.5 Å². The molecule has 0 aliphatic heterocycles. The van der Waals surface area contributed by atoms with E-state index in [0.29, 0.717) is 18.1 Å². The molecular formula is C41H49N3O7S. The fraction of sp³-hybridized carbons (Fsp3) is 0.366. The summed E-state index contributed by atoms with van der Waals surface area (Å²) in [6.45, 7) is 3.79. The lowest BCUT2D eigenvalue weighted by Gasteiger charge is -2.35. The van der Waals surface area contributed by atoms with Crippen LogP contribution in [0, 0.1) is 6.92 Å². The largest absolute Gasteiger partial charge is 0.494 e. The molecule has 11 heteroatoms. The lowest BCUT2D eigenvalue weighted by atomic mass is 9.94. The van der Waals surface area contributed by atoms with Crippen molar-refractivity contribution >= 4 is 27.5 Å². The summed E-state index contributed by atoms with van der Waals surface area (Å²) in [7, 11) is -1.47. The van der Waals surface area contributed by atoms with E-state index in [1.807, 2.05) is 68.4 Å². The molecule has 10 nitrogen and oxygen atoms in total. The average molecular weight is 728 g/mol. The molecule has 0 unspecified atom stereocenters. The Morgan fingerprint density at radius 1 is 0.827 bits per heavy atom. The average Bonchev–Trinajstić information content (AvgIpc) is 3.16. The number of nitrogens with zero attached hydrogens (tertiary/aromatic N) is 2. The first kappa shape index (κ1) is 38.2. The van der Waals surface area contributed by atoms with Gasteiger partial charge in [-0.2, -0.15) is 0 Å². The summed E-state index contributed by atoms with van der Waals surface area (Å²) in [6, 6.07) is 27.3. The number of hydrogen-bond acceptors (Lipinski definition) is 7. The van der Waals surface area contributed by atoms with E-state index in [9.17, 15) is 18.0 Å². The van der Waals surface area contributed by atoms with Gasteiger partial charge in [0, 0.05) is 25.1 Å². The molecule has 1 fully saturated rings. The molecule has 2 amide bonds. The molecule has 1 aliphatic rings. The van der Waals surface area contributed by atoms with Crippen molar-refractivity contribution in [2.75, 3.05) is 31.7 Å². The van der Waals surface area contributed by atoms with Crippen LogP contribution in [0.1, 0.15) is 55.7 Å². The molecule has 0 aromatic heterocycles. The highest BCUT2D eigenvalue weighted by Gasteiger charge is 2.36. The van der Waals surface area contributed by atoms with Crippen LogP contribution in [-0.4, -0.2) is 64.6 Å². The van der Waals surface area contributed by atoms with Crippen LogP contribution >= 0.6 is 0 Å². The molecule has 0 heterocycles. The molecule has 1 aliphatic carbocycles. The second-order valence-corrected chi connectivity index (χ2v) is 14.9. The van der Waals surface area contributed by atoms with E-state index in [1.165, 1.54) is 37.3 Å². The molecule has 5 rings (SSSR count). The lowest BCUT2D eigenvalue weighted by molar-refractivity contribution is -0.140. The quantitative estimate of drug-likeness (QED) is 0.137. The van der Waals surface area contributed by atoms with Crippen LogP contribution in [0.15, 0.2) is 102 Å². The van der Waals surface area contributed by atoms with Crippen LogP contribution in [0.3, 0.4) is 0 Å². The minimum atomic E-state index is -4.36. The second-order valence-electron chi connectivity index (χ2n) is 13.0. The minimum absolute atomic E-state index is 0.0150. The zero-order chi connectivity index (χ0) is 37.1. The van der Waals surface area contributed by atoms with Crippen LogP contribution in [0.4, 0.5) is 5.69 Å². The van der Waals surface area contributed by atoms with Crippen molar-refractivity contribution in [3.05, 3.63) is 114 Å². The normalized spacial score (nSPS) is 13.8. The van der Waals surface area contributed by atoms with Crippen LogP contribution in [-0.2, 0) is 32.6 Å². The number of anilines is 1. The van der Waals surface area contributed by atoms with Gasteiger partial charge < -0.3 is 24.4 Å². The number of benzene rings is 4. The molecule has 4 aromatic rings. The van der Waals surface area contributed by atoms with Crippen LogP contribution in [0.25, 0.3) is 0 Å². The first-order valence-corrected chi connectivity index (χ1v) is 19.2. The van der Waals surface area contributed by atoms with Gasteiger partial charge >= 0.3 is 0 Å². The zero-order valence-electron chi connectivity index (χ0n) is 30.4. The van der Waals surface area contributed by atoms with Gasteiger partial charge in [-0.3, -0.25) is 13.9 Å². The van der Waals surface area contributed by atoms with E-state index in [0.717, 1.165) is 53.1 Å². The molecule has 0 bridgehead atoms. The predicted octanol–water partition coefficient (Wildman–Crippen LogP) is 6.70. The summed E-state index contributed by atoms with van der Waals surface area (Å²) in [4.78, 5) is 30.7. The second kappa shape index (κ2) is 17.9. The number of amides is 2. The van der Waals surface area contributed by atoms with Gasteiger partial charge in [0.05, 0.1) is 31.4 Å². The van der Waals surface area contributed by atoms with Gasteiger partial charge in [-0.25, -0.2) is 8.42 Å². The number of carbonyl (C=O) groups is 2. The molecule has 0 saturated heterocycles. The van der Waals surface area contributed by atoms with E-state index >= 15 is 0 Å². The fourth-order valence-electron chi connectivity index (χ4n) is 6.61. The van der Waals surface area contributed by atoms with Crippen LogP contribution in [0.2, 0.25) is 0 Å². The molecule has 0 radical (unpaired) electrons. The molecule has 0 spiro atoms. The molecular weight excluding hydrogens is 679 g/mol. The van der Waals surface area contributed by atoms with E-state index < -0.39 is 28.5 Å². The Kier molecular flexibility index (Phi) is 13.2. The summed E-state index contributed by atoms with van der Waals surface area (Å²) in [5, 5.41) is 3.25. The molecule has 4 aromatic carbocycles. The first-order valence-electron chi connectivity index (χ1n) is 17.8. The number of methoxy groups -OCH3 is 2. The number of nitrogens with one attached hydrogen (secondary N) is 1. The van der Waals surface area contributed by atoms with Crippen molar-refractivity contribution in [1.82, 2.24) is 10.2 Å². The van der Waals surface area contributed by atoms with E-state index in [2.05, 4.69) is 5.32 Å². The number of hydrogen-bond donors (Lipinski definition) is 1. The SMILES string of the molecule is CCOc1ccc(N(CC(=O)N(Cc2cccc(C)c2)[C@H](Cc2ccccc2)C(=O)NC2CCCCC2)S(=O)(=O)c2ccc(OC)c(OC)c2)cc1. The Labute approximate surface area is 307 Å². The summed E-state index contributed by atoms with van der Waals surface area (Å²) >= 11 is 0. The fourth-order valence-corrected chi connectivity index (χ4v) is 8.04. The van der Waals surface area contributed by atoms with Crippen molar-refractivity contribution in [1.29, 1.82) is 0 Å². The maximum atomic E-state index is 14.9. The van der Waals surface area contributed by atoms with Gasteiger partial charge in [-0.1, -0.05) is 79.4 Å². The predicted molar refractivity (Wildman–Crippen MR) is 202 cm³/mol. The van der Waals surface area contributed by atoms with Gasteiger partial charge in [0.1, 0.15) is 18.3 Å². The first-order chi connectivity index (χ1) is 25.1. The topological polar surface area (TPSA) is 114 Å². The number of aryl methyl sites for hydroxylation is 1. The zero-order valence-corrected chi connectivity index (χ0v) is 31.2. The van der Waals surface area contributed by atoms with Gasteiger partial charge in [0.2, 0.25) is 11.8 Å². The molecule has 1 atom stereocenters. The number of carbonyl (C=O) groups excluding carboxylic acids is 2. The van der Waals surface area contributed by atoms with Crippen molar-refractivity contribution in [3.63, 3.8) is 0 Å². The van der Waals surface area contributed by atoms with Crippen molar-refractivity contribution in [2.24, 2.45) is 0 Å². The summed E-state index contributed by atoms with van der Waals surface area (Å²) in [5.41, 5.74) is 2.97. The Morgan fingerprint density at radius 2 is 1.52 bits per heavy atom. The highest BCUT2D eigenvalue weighted by atomic mass is 32.2. The maximum absolute atomic E-state index is 14.9. The summed E-state index contributed by atoms with van der Waals surface area (Å²) < 4.78 is 46.6. The third-order valence-electron chi connectivity index (χ3n) is 9.32. The van der Waals surface area contributed by atoms with Crippen LogP contribution < -0.4 is 23.8 Å². The Hall–Kier alpha value is -5.03. The van der Waals surface area contributed by atoms with Gasteiger partial charge in [-0.05, 0) is 74.2 Å². The maximum Gasteiger partial charge on any atom is 0.264 e. The minimum Gasteiger partial charge on any atom is -0.494 e. The Morgan fingerprint density at radius 3 is 2.17 bits per heavy atom. The van der Waals surface area contributed by atoms with E-state index in [-0.39, 0.29) is 41.2 Å². The van der Waals surface area contributed by atoms with Crippen molar-refractivity contribution in [3.8, 4) is 17.2 Å². The Bertz CT molecular complexity index is 1900. The summed E-state index contributed by atoms with van der Waals surface area (Å²) in [5.74, 6) is 0.364. The Balaban J connectivity index is 1.59. The van der Waals surface area contributed by atoms with Gasteiger partial charge in [-0.15, -0.1) is 0 Å². The summed E-state index contributed by atoms with van der Waals surface area (Å²) in [6.07, 6.45) is 5.21. The third-order valence-corrected chi connectivity index (χ3v) is 11.1. The number of sulfonamides is 1. The van der Waals surface area contributed by atoms with Crippen molar-refractivity contribution in [2.45, 2.75) is 75.9 Å². The van der Waals surface area contributed by atoms with E-state index in [4.69, 9.17) is 14.2 Å². The number of ether oxygens (including phenoxy) is 3. The van der Waals surface area contributed by atoms with Crippen LogP contribution in [0.5, 0.6) is 17.2 Å².